The molecule has 0 aliphatic rings. The smallest absolute Gasteiger partial charge is 0.376 e. The molecule has 1 rings (SSSR count). The lowest BCUT2D eigenvalue weighted by atomic mass is 10.4. The van der Waals surface area contributed by atoms with E-state index < -0.39 is 5.97 Å². The summed E-state index contributed by atoms with van der Waals surface area (Å²) in [7, 11) is 1.31. The standard InChI is InChI=1S/C9H11ClN2O2S/c1-6-5-7(15-4-3-10)12-8(11-6)9(13)14-2/h5H,3-4H2,1-2H3. The van der Waals surface area contributed by atoms with Gasteiger partial charge in [0.25, 0.3) is 0 Å². The molecule has 0 fully saturated rings. The van der Waals surface area contributed by atoms with Crippen molar-refractivity contribution >= 4 is 29.3 Å². The fraction of sp³-hybridized carbons (Fsp3) is 0.444. The number of halogens is 1. The minimum absolute atomic E-state index is 0.0922. The first-order chi connectivity index (χ1) is 7.17. The van der Waals surface area contributed by atoms with Crippen LogP contribution in [0, 0.1) is 6.92 Å². The summed E-state index contributed by atoms with van der Waals surface area (Å²) in [6.07, 6.45) is 0. The van der Waals surface area contributed by atoms with Gasteiger partial charge in [0, 0.05) is 17.3 Å². The Morgan fingerprint density at radius 3 is 2.93 bits per heavy atom. The summed E-state index contributed by atoms with van der Waals surface area (Å²) < 4.78 is 4.55. The maximum absolute atomic E-state index is 11.2. The number of methoxy groups -OCH3 is 1. The molecule has 0 N–H and O–H groups in total. The van der Waals surface area contributed by atoms with Gasteiger partial charge in [0.05, 0.1) is 7.11 Å². The summed E-state index contributed by atoms with van der Waals surface area (Å²) in [6.45, 7) is 1.80. The highest BCUT2D eigenvalue weighted by Crippen LogP contribution is 2.16. The second-order valence-electron chi connectivity index (χ2n) is 2.70. The molecule has 15 heavy (non-hydrogen) atoms. The van der Waals surface area contributed by atoms with Gasteiger partial charge in [-0.15, -0.1) is 23.4 Å². The fourth-order valence-corrected chi connectivity index (χ4v) is 1.86. The first-order valence-electron chi connectivity index (χ1n) is 4.30. The Morgan fingerprint density at radius 1 is 1.60 bits per heavy atom. The summed E-state index contributed by atoms with van der Waals surface area (Å²) in [4.78, 5) is 19.3. The first-order valence-corrected chi connectivity index (χ1v) is 5.82. The second-order valence-corrected chi connectivity index (χ2v) is 4.19. The molecule has 4 nitrogen and oxygen atoms in total. The lowest BCUT2D eigenvalue weighted by Gasteiger charge is -2.03. The Kier molecular flexibility index (Phi) is 4.84. The highest BCUT2D eigenvalue weighted by atomic mass is 35.5. The molecule has 82 valence electrons. The number of hydrogen-bond donors (Lipinski definition) is 0. The molecule has 6 heteroatoms. The first kappa shape index (κ1) is 12.3. The number of carbonyl (C=O) groups is 1. The average Bonchev–Trinajstić information content (AvgIpc) is 2.24. The van der Waals surface area contributed by atoms with Gasteiger partial charge >= 0.3 is 5.97 Å². The highest BCUT2D eigenvalue weighted by molar-refractivity contribution is 7.99. The molecule has 0 bridgehead atoms. The van der Waals surface area contributed by atoms with Gasteiger partial charge < -0.3 is 4.74 Å². The minimum Gasteiger partial charge on any atom is -0.463 e. The normalized spacial score (nSPS) is 10.1. The number of nitrogens with zero attached hydrogens (tertiary/aromatic N) is 2. The van der Waals surface area contributed by atoms with Crippen LogP contribution in [0.3, 0.4) is 0 Å². The number of esters is 1. The Bertz CT molecular complexity index is 360. The summed E-state index contributed by atoms with van der Waals surface area (Å²) in [6, 6.07) is 1.81. The molecule has 0 saturated heterocycles. The van der Waals surface area contributed by atoms with E-state index in [1.807, 2.05) is 6.07 Å². The number of alkyl halides is 1. The summed E-state index contributed by atoms with van der Waals surface area (Å²) in [5, 5.41) is 0.739. The molecule has 1 aromatic heterocycles. The van der Waals surface area contributed by atoms with E-state index in [0.717, 1.165) is 16.5 Å². The predicted octanol–water partition coefficient (Wildman–Crippen LogP) is 1.90. The molecular formula is C9H11ClN2O2S. The lowest BCUT2D eigenvalue weighted by Crippen LogP contribution is -2.08. The van der Waals surface area contributed by atoms with E-state index >= 15 is 0 Å². The summed E-state index contributed by atoms with van der Waals surface area (Å²) >= 11 is 7.05. The van der Waals surface area contributed by atoms with Gasteiger partial charge in [0.2, 0.25) is 5.82 Å². The zero-order valence-electron chi connectivity index (χ0n) is 8.49. The van der Waals surface area contributed by atoms with Crippen LogP contribution >= 0.6 is 23.4 Å². The van der Waals surface area contributed by atoms with E-state index in [9.17, 15) is 4.79 Å². The van der Waals surface area contributed by atoms with Crippen molar-refractivity contribution in [2.45, 2.75) is 11.9 Å². The van der Waals surface area contributed by atoms with Crippen molar-refractivity contribution in [3.05, 3.63) is 17.6 Å². The highest BCUT2D eigenvalue weighted by Gasteiger charge is 2.11. The van der Waals surface area contributed by atoms with Crippen LogP contribution in [0.4, 0.5) is 0 Å². The van der Waals surface area contributed by atoms with Crippen molar-refractivity contribution in [1.29, 1.82) is 0 Å². The van der Waals surface area contributed by atoms with Crippen LogP contribution in [-0.4, -0.2) is 34.7 Å². The Hall–Kier alpha value is -0.810. The zero-order valence-corrected chi connectivity index (χ0v) is 10.1. The van der Waals surface area contributed by atoms with E-state index in [2.05, 4.69) is 14.7 Å². The van der Waals surface area contributed by atoms with Crippen LogP contribution in [-0.2, 0) is 4.74 Å². The van der Waals surface area contributed by atoms with E-state index in [1.54, 1.807) is 6.92 Å². The molecule has 0 amide bonds. The maximum Gasteiger partial charge on any atom is 0.376 e. The average molecular weight is 247 g/mol. The molecule has 1 heterocycles. The topological polar surface area (TPSA) is 52.1 Å². The van der Waals surface area contributed by atoms with Crippen molar-refractivity contribution in [1.82, 2.24) is 9.97 Å². The van der Waals surface area contributed by atoms with Crippen LogP contribution in [0.25, 0.3) is 0 Å². The van der Waals surface area contributed by atoms with Gasteiger partial charge in [-0.05, 0) is 13.0 Å². The molecule has 0 aromatic carbocycles. The van der Waals surface area contributed by atoms with E-state index in [-0.39, 0.29) is 5.82 Å². The SMILES string of the molecule is COC(=O)c1nc(C)cc(SCCCl)n1. The molecule has 0 saturated carbocycles. The van der Waals surface area contributed by atoms with Crippen molar-refractivity contribution in [3.63, 3.8) is 0 Å². The van der Waals surface area contributed by atoms with Crippen LogP contribution in [0.15, 0.2) is 11.1 Å². The van der Waals surface area contributed by atoms with E-state index in [0.29, 0.717) is 5.88 Å². The third-order valence-corrected chi connectivity index (χ3v) is 2.85. The van der Waals surface area contributed by atoms with Crippen LogP contribution in [0.5, 0.6) is 0 Å². The largest absolute Gasteiger partial charge is 0.463 e. The number of aromatic nitrogens is 2. The van der Waals surface area contributed by atoms with Crippen molar-refractivity contribution in [3.8, 4) is 0 Å². The summed E-state index contributed by atoms with van der Waals surface area (Å²) in [5.74, 6) is 0.862. The van der Waals surface area contributed by atoms with Crippen molar-refractivity contribution in [2.24, 2.45) is 0 Å². The Labute approximate surface area is 97.4 Å². The van der Waals surface area contributed by atoms with Crippen LogP contribution < -0.4 is 0 Å². The number of thioether (sulfide) groups is 1. The quantitative estimate of drug-likeness (QED) is 0.352. The van der Waals surface area contributed by atoms with E-state index in [4.69, 9.17) is 11.6 Å². The van der Waals surface area contributed by atoms with Crippen LogP contribution in [0.2, 0.25) is 0 Å². The van der Waals surface area contributed by atoms with E-state index in [1.165, 1.54) is 18.9 Å². The van der Waals surface area contributed by atoms with Crippen molar-refractivity contribution < 1.29 is 9.53 Å². The molecule has 0 aliphatic heterocycles. The number of rotatable bonds is 4. The number of aryl methyl sites for hydroxylation is 1. The maximum atomic E-state index is 11.2. The van der Waals surface area contributed by atoms with Gasteiger partial charge in [-0.2, -0.15) is 0 Å². The van der Waals surface area contributed by atoms with Crippen LogP contribution in [0.1, 0.15) is 16.3 Å². The van der Waals surface area contributed by atoms with Gasteiger partial charge in [0.1, 0.15) is 5.03 Å². The molecule has 0 unspecified atom stereocenters. The van der Waals surface area contributed by atoms with Gasteiger partial charge in [0.15, 0.2) is 0 Å². The Morgan fingerprint density at radius 2 is 2.33 bits per heavy atom. The second kappa shape index (κ2) is 5.92. The minimum atomic E-state index is -0.522. The molecule has 1 aromatic rings. The number of ether oxygens (including phenoxy) is 1. The molecule has 0 spiro atoms. The van der Waals surface area contributed by atoms with Crippen molar-refractivity contribution in [2.75, 3.05) is 18.7 Å². The number of carbonyl (C=O) groups excluding carboxylic acids is 1. The molecule has 0 radical (unpaired) electrons. The van der Waals surface area contributed by atoms with Gasteiger partial charge in [-0.1, -0.05) is 0 Å². The molecule has 0 atom stereocenters. The molecule has 0 aliphatic carbocycles. The monoisotopic (exact) mass is 246 g/mol. The predicted molar refractivity (Wildman–Crippen MR) is 59.6 cm³/mol. The zero-order chi connectivity index (χ0) is 11.3. The lowest BCUT2D eigenvalue weighted by molar-refractivity contribution is 0.0585. The number of hydrogen-bond acceptors (Lipinski definition) is 5. The van der Waals surface area contributed by atoms with Gasteiger partial charge in [-0.25, -0.2) is 14.8 Å². The summed E-state index contributed by atoms with van der Waals surface area (Å²) in [5.41, 5.74) is 0.738. The Balaban J connectivity index is 2.89. The third kappa shape index (κ3) is 3.68. The fourth-order valence-electron chi connectivity index (χ4n) is 0.939. The van der Waals surface area contributed by atoms with Gasteiger partial charge in [-0.3, -0.25) is 0 Å². The third-order valence-electron chi connectivity index (χ3n) is 1.53. The molecular weight excluding hydrogens is 236 g/mol.